The number of carbonyl (C=O) groups excluding carboxylic acids is 2. The Morgan fingerprint density at radius 1 is 0.903 bits per heavy atom. The van der Waals surface area contributed by atoms with Gasteiger partial charge in [0, 0.05) is 23.0 Å². The molecule has 6 heteroatoms. The molecule has 5 nitrogen and oxygen atoms in total. The molecule has 0 bridgehead atoms. The molecular formula is C25H29N3O2S. The predicted octanol–water partition coefficient (Wildman–Crippen LogP) is 5.04. The summed E-state index contributed by atoms with van der Waals surface area (Å²) in [6, 6.07) is 19.4. The van der Waals surface area contributed by atoms with Gasteiger partial charge in [-0.1, -0.05) is 49.4 Å². The Kier molecular flexibility index (Phi) is 7.84. The molecule has 1 heterocycles. The molecule has 3 aromatic rings. The molecule has 0 saturated carbocycles. The number of aryl methyl sites for hydroxylation is 1. The molecule has 1 aromatic heterocycles. The van der Waals surface area contributed by atoms with E-state index < -0.39 is 0 Å². The fourth-order valence-electron chi connectivity index (χ4n) is 3.20. The van der Waals surface area contributed by atoms with Gasteiger partial charge in [0.05, 0.1) is 6.04 Å². The van der Waals surface area contributed by atoms with Gasteiger partial charge in [0.25, 0.3) is 5.91 Å². The summed E-state index contributed by atoms with van der Waals surface area (Å²) in [7, 11) is 0. The Labute approximate surface area is 187 Å². The molecule has 0 fully saturated rings. The minimum atomic E-state index is -0.204. The fourth-order valence-corrected chi connectivity index (χ4v) is 4.01. The Morgan fingerprint density at radius 3 is 2.16 bits per heavy atom. The largest absolute Gasteiger partial charge is 0.340 e. The zero-order chi connectivity index (χ0) is 22.2. The van der Waals surface area contributed by atoms with Gasteiger partial charge in [0.1, 0.15) is 0 Å². The van der Waals surface area contributed by atoms with E-state index >= 15 is 0 Å². The molecule has 3 N–H and O–H groups in total. The number of urea groups is 1. The van der Waals surface area contributed by atoms with Gasteiger partial charge in [-0.25, -0.2) is 4.79 Å². The van der Waals surface area contributed by atoms with E-state index in [1.807, 2.05) is 43.5 Å². The van der Waals surface area contributed by atoms with Crippen LogP contribution in [0.1, 0.15) is 58.7 Å². The lowest BCUT2D eigenvalue weighted by Crippen LogP contribution is -2.39. The SMILES string of the molecule is CCc1ccc(C(NC(=O)c2ccc(CNC(=O)NC(C)C)cc2)c2cccs2)cc1. The van der Waals surface area contributed by atoms with Gasteiger partial charge in [-0.15, -0.1) is 11.3 Å². The van der Waals surface area contributed by atoms with Crippen LogP contribution in [0.4, 0.5) is 4.79 Å². The van der Waals surface area contributed by atoms with Crippen LogP contribution in [0.3, 0.4) is 0 Å². The topological polar surface area (TPSA) is 70.2 Å². The second-order valence-corrected chi connectivity index (χ2v) is 8.67. The summed E-state index contributed by atoms with van der Waals surface area (Å²) in [6.07, 6.45) is 0.983. The third-order valence-electron chi connectivity index (χ3n) is 4.91. The van der Waals surface area contributed by atoms with Crippen molar-refractivity contribution in [1.29, 1.82) is 0 Å². The van der Waals surface area contributed by atoms with Crippen molar-refractivity contribution < 1.29 is 9.59 Å². The van der Waals surface area contributed by atoms with Gasteiger partial charge < -0.3 is 16.0 Å². The molecule has 0 radical (unpaired) electrons. The Balaban J connectivity index is 1.68. The summed E-state index contributed by atoms with van der Waals surface area (Å²) in [5.41, 5.74) is 3.85. The maximum Gasteiger partial charge on any atom is 0.315 e. The lowest BCUT2D eigenvalue weighted by molar-refractivity contribution is 0.0943. The van der Waals surface area contributed by atoms with Crippen LogP contribution in [0.25, 0.3) is 0 Å². The first-order valence-corrected chi connectivity index (χ1v) is 11.4. The first-order valence-electron chi connectivity index (χ1n) is 10.5. The zero-order valence-electron chi connectivity index (χ0n) is 18.1. The van der Waals surface area contributed by atoms with Crippen LogP contribution in [-0.4, -0.2) is 18.0 Å². The Morgan fingerprint density at radius 2 is 1.58 bits per heavy atom. The van der Waals surface area contributed by atoms with Crippen LogP contribution in [0.15, 0.2) is 66.0 Å². The molecule has 0 saturated heterocycles. The monoisotopic (exact) mass is 435 g/mol. The summed E-state index contributed by atoms with van der Waals surface area (Å²) < 4.78 is 0. The van der Waals surface area contributed by atoms with E-state index in [-0.39, 0.29) is 24.0 Å². The average molecular weight is 436 g/mol. The van der Waals surface area contributed by atoms with E-state index in [1.165, 1.54) is 5.56 Å². The van der Waals surface area contributed by atoms with E-state index in [2.05, 4.69) is 47.1 Å². The molecule has 31 heavy (non-hydrogen) atoms. The first kappa shape index (κ1) is 22.6. The van der Waals surface area contributed by atoms with Crippen LogP contribution in [-0.2, 0) is 13.0 Å². The second kappa shape index (κ2) is 10.8. The van der Waals surface area contributed by atoms with Gasteiger partial charge in [0.15, 0.2) is 0 Å². The number of thiophene rings is 1. The highest BCUT2D eigenvalue weighted by Crippen LogP contribution is 2.27. The number of carbonyl (C=O) groups is 2. The molecule has 0 aliphatic heterocycles. The van der Waals surface area contributed by atoms with E-state index in [4.69, 9.17) is 0 Å². The fraction of sp³-hybridized carbons (Fsp3) is 0.280. The van der Waals surface area contributed by atoms with Crippen molar-refractivity contribution in [2.75, 3.05) is 0 Å². The molecular weight excluding hydrogens is 406 g/mol. The van der Waals surface area contributed by atoms with E-state index in [9.17, 15) is 9.59 Å². The zero-order valence-corrected chi connectivity index (χ0v) is 19.0. The van der Waals surface area contributed by atoms with E-state index in [0.29, 0.717) is 12.1 Å². The van der Waals surface area contributed by atoms with Gasteiger partial charge in [-0.05, 0) is 60.5 Å². The molecule has 2 aromatic carbocycles. The molecule has 0 spiro atoms. The average Bonchev–Trinajstić information content (AvgIpc) is 3.30. The van der Waals surface area contributed by atoms with Crippen molar-refractivity contribution in [3.63, 3.8) is 0 Å². The summed E-state index contributed by atoms with van der Waals surface area (Å²) >= 11 is 1.63. The highest BCUT2D eigenvalue weighted by Gasteiger charge is 2.19. The quantitative estimate of drug-likeness (QED) is 0.464. The predicted molar refractivity (Wildman–Crippen MR) is 126 cm³/mol. The van der Waals surface area contributed by atoms with Crippen molar-refractivity contribution in [3.05, 3.63) is 93.2 Å². The normalized spacial score (nSPS) is 11.7. The summed E-state index contributed by atoms with van der Waals surface area (Å²) in [5, 5.41) is 10.8. The van der Waals surface area contributed by atoms with Crippen LogP contribution >= 0.6 is 11.3 Å². The third kappa shape index (κ3) is 6.43. The lowest BCUT2D eigenvalue weighted by Gasteiger charge is -2.19. The lowest BCUT2D eigenvalue weighted by atomic mass is 10.0. The number of amides is 3. The van der Waals surface area contributed by atoms with Crippen molar-refractivity contribution in [3.8, 4) is 0 Å². The van der Waals surface area contributed by atoms with Crippen molar-refractivity contribution in [2.24, 2.45) is 0 Å². The van der Waals surface area contributed by atoms with Crippen LogP contribution < -0.4 is 16.0 Å². The maximum atomic E-state index is 13.0. The third-order valence-corrected chi connectivity index (χ3v) is 5.85. The summed E-state index contributed by atoms with van der Waals surface area (Å²) in [6.45, 7) is 6.36. The van der Waals surface area contributed by atoms with Gasteiger partial charge in [-0.3, -0.25) is 4.79 Å². The molecule has 162 valence electrons. The molecule has 1 atom stereocenters. The van der Waals surface area contributed by atoms with Gasteiger partial charge in [-0.2, -0.15) is 0 Å². The molecule has 3 amide bonds. The highest BCUT2D eigenvalue weighted by molar-refractivity contribution is 7.10. The highest BCUT2D eigenvalue weighted by atomic mass is 32.1. The Hall–Kier alpha value is -3.12. The Bertz CT molecular complexity index is 981. The van der Waals surface area contributed by atoms with Crippen LogP contribution in [0.2, 0.25) is 0 Å². The first-order chi connectivity index (χ1) is 15.0. The van der Waals surface area contributed by atoms with Crippen molar-refractivity contribution >= 4 is 23.3 Å². The number of hydrogen-bond donors (Lipinski definition) is 3. The minimum absolute atomic E-state index is 0.0838. The standard InChI is InChI=1S/C25H29N3O2S/c1-4-18-7-11-20(12-8-18)23(22-6-5-15-31-22)28-24(29)21-13-9-19(10-14-21)16-26-25(30)27-17(2)3/h5-15,17,23H,4,16H2,1-3H3,(H,28,29)(H2,26,27,30). The van der Waals surface area contributed by atoms with Gasteiger partial charge >= 0.3 is 6.03 Å². The van der Waals surface area contributed by atoms with Crippen LogP contribution in [0, 0.1) is 0 Å². The van der Waals surface area contributed by atoms with Crippen molar-refractivity contribution in [1.82, 2.24) is 16.0 Å². The molecule has 3 rings (SSSR count). The van der Waals surface area contributed by atoms with Gasteiger partial charge in [0.2, 0.25) is 0 Å². The molecule has 0 aliphatic carbocycles. The smallest absolute Gasteiger partial charge is 0.315 e. The number of rotatable bonds is 8. The number of benzene rings is 2. The summed E-state index contributed by atoms with van der Waals surface area (Å²) in [4.78, 5) is 25.8. The minimum Gasteiger partial charge on any atom is -0.340 e. The number of hydrogen-bond acceptors (Lipinski definition) is 3. The molecule has 0 aliphatic rings. The van der Waals surface area contributed by atoms with E-state index in [0.717, 1.165) is 22.4 Å². The maximum absolute atomic E-state index is 13.0. The van der Waals surface area contributed by atoms with Crippen LogP contribution in [0.5, 0.6) is 0 Å². The molecule has 1 unspecified atom stereocenters. The second-order valence-electron chi connectivity index (χ2n) is 7.70. The summed E-state index contributed by atoms with van der Waals surface area (Å²) in [5.74, 6) is -0.130. The van der Waals surface area contributed by atoms with Crippen molar-refractivity contribution in [2.45, 2.75) is 45.8 Å². The number of nitrogens with one attached hydrogen (secondary N) is 3. The van der Waals surface area contributed by atoms with E-state index in [1.54, 1.807) is 23.5 Å².